The molecule has 2 nitrogen and oxygen atoms in total. The second-order valence-corrected chi connectivity index (χ2v) is 8.15. The highest BCUT2D eigenvalue weighted by Gasteiger charge is 2.00. The lowest BCUT2D eigenvalue weighted by Crippen LogP contribution is -2.00. The Kier molecular flexibility index (Phi) is 13.4. The highest BCUT2D eigenvalue weighted by atomic mass is 35.5. The Morgan fingerprint density at radius 2 is 1.64 bits per heavy atom. The van der Waals surface area contributed by atoms with E-state index in [4.69, 9.17) is 55.9 Å². The van der Waals surface area contributed by atoms with Crippen molar-refractivity contribution in [2.45, 2.75) is 9.86 Å². The van der Waals surface area contributed by atoms with Gasteiger partial charge in [0.1, 0.15) is 16.7 Å². The second kappa shape index (κ2) is 11.6. The molecule has 0 radical (unpaired) electrons. The summed E-state index contributed by atoms with van der Waals surface area (Å²) in [7, 11) is 4.53. The number of hydrogen-bond acceptors (Lipinski definition) is 5. The first-order chi connectivity index (χ1) is 6.63. The molecule has 0 saturated heterocycles. The average molecular weight is 338 g/mol. The highest BCUT2D eigenvalue weighted by Crippen LogP contribution is 2.34. The maximum Gasteiger partial charge on any atom is 0.207 e. The summed E-state index contributed by atoms with van der Waals surface area (Å²) in [5.41, 5.74) is 0. The summed E-state index contributed by atoms with van der Waals surface area (Å²) in [5, 5.41) is -0.766. The normalized spacial score (nSPS) is 11.6. The molecule has 0 bridgehead atoms. The molecule has 86 valence electrons. The minimum Gasteiger partial charge on any atom is -0.367 e. The summed E-state index contributed by atoms with van der Waals surface area (Å²) >= 11 is 21.6. The first-order valence-electron chi connectivity index (χ1n) is 3.29. The van der Waals surface area contributed by atoms with Gasteiger partial charge in [-0.1, -0.05) is 44.8 Å². The molecular weight excluding hydrogens is 330 g/mol. The smallest absolute Gasteiger partial charge is 0.207 e. The highest BCUT2D eigenvalue weighted by molar-refractivity contribution is 9.09. The van der Waals surface area contributed by atoms with Gasteiger partial charge in [-0.15, -0.1) is 23.2 Å². The van der Waals surface area contributed by atoms with E-state index >= 15 is 0 Å². The largest absolute Gasteiger partial charge is 0.367 e. The number of ether oxygens (including phenoxy) is 2. The third kappa shape index (κ3) is 14.1. The maximum atomic E-state index is 5.44. The van der Waals surface area contributed by atoms with Gasteiger partial charge in [-0.05, 0) is 9.83 Å². The van der Waals surface area contributed by atoms with Gasteiger partial charge in [-0.3, -0.25) is 0 Å². The zero-order chi connectivity index (χ0) is 10.8. The van der Waals surface area contributed by atoms with Gasteiger partial charge in [0.05, 0.1) is 6.61 Å². The third-order valence-corrected chi connectivity index (χ3v) is 4.79. The van der Waals surface area contributed by atoms with Crippen LogP contribution in [0.3, 0.4) is 0 Å². The summed E-state index contributed by atoms with van der Waals surface area (Å²) in [6.07, 6.45) is 0. The van der Waals surface area contributed by atoms with Crippen molar-refractivity contribution in [3.63, 3.8) is 0 Å². The van der Waals surface area contributed by atoms with Crippen molar-refractivity contribution in [3.05, 3.63) is 0 Å². The van der Waals surface area contributed by atoms with Crippen LogP contribution in [0.5, 0.6) is 0 Å². The van der Waals surface area contributed by atoms with Crippen molar-refractivity contribution < 1.29 is 9.47 Å². The Hall–Kier alpha value is 2.13. The summed E-state index contributed by atoms with van der Waals surface area (Å²) in [5.74, 6) is 0.960. The zero-order valence-electron chi connectivity index (χ0n) is 6.83. The molecule has 0 aliphatic rings. The molecule has 0 aromatic carbocycles. The molecule has 0 aromatic heterocycles. The molecule has 0 saturated carbocycles. The van der Waals surface area contributed by atoms with E-state index in [9.17, 15) is 0 Å². The van der Waals surface area contributed by atoms with Crippen LogP contribution in [0.4, 0.5) is 0 Å². The lowest BCUT2D eigenvalue weighted by Gasteiger charge is -2.04. The fraction of sp³-hybridized carbons (Fsp3) is 1.00. The van der Waals surface area contributed by atoms with Crippen molar-refractivity contribution in [2.24, 2.45) is 0 Å². The van der Waals surface area contributed by atoms with Gasteiger partial charge >= 0.3 is 0 Å². The van der Waals surface area contributed by atoms with E-state index in [0.29, 0.717) is 18.5 Å². The van der Waals surface area contributed by atoms with E-state index in [0.717, 1.165) is 0 Å². The van der Waals surface area contributed by atoms with Gasteiger partial charge in [-0.2, -0.15) is 0 Å². The maximum absolute atomic E-state index is 5.44. The fourth-order valence-electron chi connectivity index (χ4n) is 0.324. The lowest BCUT2D eigenvalue weighted by molar-refractivity contribution is 0.196. The van der Waals surface area contributed by atoms with Crippen LogP contribution in [0.1, 0.15) is 0 Å². The van der Waals surface area contributed by atoms with Crippen LogP contribution in [0.2, 0.25) is 0 Å². The predicted molar refractivity (Wildman–Crippen MR) is 70.5 cm³/mol. The molecule has 0 amide bonds. The molecule has 0 aromatic rings. The minimum atomic E-state index is -0.766. The Morgan fingerprint density at radius 1 is 1.00 bits per heavy atom. The summed E-state index contributed by atoms with van der Waals surface area (Å²) < 4.78 is 9.96. The van der Waals surface area contributed by atoms with Crippen molar-refractivity contribution in [1.82, 2.24) is 0 Å². The number of halogens is 4. The Morgan fingerprint density at radius 3 is 2.21 bits per heavy atom. The molecule has 0 unspecified atom stereocenters. The van der Waals surface area contributed by atoms with E-state index in [1.54, 1.807) is 0 Å². The van der Waals surface area contributed by atoms with E-state index in [1.807, 2.05) is 0 Å². The van der Waals surface area contributed by atoms with Crippen LogP contribution in [0.25, 0.3) is 0 Å². The standard InChI is InChI=1S/C5H8Cl4O2S3/c6-4(7)1-10-2-12-14-13-3-11-5(8)9/h4-5H,1-3H2. The number of hydrogen-bond donors (Lipinski definition) is 0. The van der Waals surface area contributed by atoms with E-state index in [2.05, 4.69) is 0 Å². The molecule has 0 rings (SSSR count). The quantitative estimate of drug-likeness (QED) is 0.265. The van der Waals surface area contributed by atoms with Gasteiger partial charge in [0, 0.05) is 0 Å². The van der Waals surface area contributed by atoms with Crippen LogP contribution in [-0.4, -0.2) is 28.3 Å². The van der Waals surface area contributed by atoms with Crippen LogP contribution in [0, 0.1) is 0 Å². The van der Waals surface area contributed by atoms with Gasteiger partial charge in [0.2, 0.25) is 5.02 Å². The second-order valence-electron chi connectivity index (χ2n) is 1.73. The fourth-order valence-corrected chi connectivity index (χ4v) is 3.41. The van der Waals surface area contributed by atoms with Crippen molar-refractivity contribution in [2.75, 3.05) is 18.5 Å². The number of rotatable bonds is 9. The molecule has 14 heavy (non-hydrogen) atoms. The summed E-state index contributed by atoms with van der Waals surface area (Å²) in [6.45, 7) is 0.337. The van der Waals surface area contributed by atoms with Gasteiger partial charge < -0.3 is 9.47 Å². The van der Waals surface area contributed by atoms with E-state index < -0.39 is 9.86 Å². The van der Waals surface area contributed by atoms with E-state index in [-0.39, 0.29) is 0 Å². The summed E-state index contributed by atoms with van der Waals surface area (Å²) in [6, 6.07) is 0. The summed E-state index contributed by atoms with van der Waals surface area (Å²) in [4.78, 5) is -0.468. The molecule has 9 heteroatoms. The molecule has 0 aliphatic carbocycles. The molecule has 0 atom stereocenters. The van der Waals surface area contributed by atoms with Gasteiger partial charge in [0.15, 0.2) is 0 Å². The van der Waals surface area contributed by atoms with Crippen molar-refractivity contribution >= 4 is 77.8 Å². The topological polar surface area (TPSA) is 18.5 Å². The Labute approximate surface area is 115 Å². The van der Waals surface area contributed by atoms with Crippen molar-refractivity contribution in [1.29, 1.82) is 0 Å². The molecule has 0 N–H and O–H groups in total. The zero-order valence-corrected chi connectivity index (χ0v) is 12.3. The SMILES string of the molecule is ClC(Cl)COCSSSCOC(Cl)Cl. The monoisotopic (exact) mass is 336 g/mol. The molecule has 0 spiro atoms. The molecule has 0 fully saturated rings. The first kappa shape index (κ1) is 16.1. The molecular formula is C5H8Cl4O2S3. The van der Waals surface area contributed by atoms with Crippen LogP contribution in [0.15, 0.2) is 0 Å². The third-order valence-electron chi connectivity index (χ3n) is 0.714. The number of alkyl halides is 4. The lowest BCUT2D eigenvalue weighted by atomic mass is 10.9. The Bertz CT molecular complexity index is 116. The van der Waals surface area contributed by atoms with Crippen LogP contribution < -0.4 is 0 Å². The Balaban J connectivity index is 2.92. The minimum absolute atomic E-state index is 0.337. The van der Waals surface area contributed by atoms with Crippen LogP contribution >= 0.6 is 77.8 Å². The van der Waals surface area contributed by atoms with Crippen molar-refractivity contribution in [3.8, 4) is 0 Å². The predicted octanol–water partition coefficient (Wildman–Crippen LogP) is 4.53. The van der Waals surface area contributed by atoms with Gasteiger partial charge in [0.25, 0.3) is 0 Å². The molecule has 0 aliphatic heterocycles. The first-order valence-corrected chi connectivity index (χ1v) is 8.86. The molecule has 0 heterocycles. The average Bonchev–Trinajstić information content (AvgIpc) is 2.08. The van der Waals surface area contributed by atoms with Gasteiger partial charge in [-0.25, -0.2) is 0 Å². The van der Waals surface area contributed by atoms with Crippen LogP contribution in [-0.2, 0) is 9.47 Å². The van der Waals surface area contributed by atoms with E-state index in [1.165, 1.54) is 31.4 Å².